The minimum Gasteiger partial charge on any atom is -0.379 e. The Balaban J connectivity index is 2.13. The van der Waals surface area contributed by atoms with Gasteiger partial charge in [0.1, 0.15) is 0 Å². The molecule has 1 N–H and O–H groups in total. The van der Waals surface area contributed by atoms with Gasteiger partial charge in [0.2, 0.25) is 5.28 Å². The van der Waals surface area contributed by atoms with E-state index in [1.54, 1.807) is 0 Å². The molecule has 21 heavy (non-hydrogen) atoms. The third-order valence-corrected chi connectivity index (χ3v) is 3.15. The van der Waals surface area contributed by atoms with Crippen LogP contribution in [-0.4, -0.2) is 39.2 Å². The molecule has 0 saturated carbocycles. The highest BCUT2D eigenvalue weighted by Gasteiger charge is 2.11. The third-order valence-electron chi connectivity index (χ3n) is 2.98. The molecule has 0 aliphatic heterocycles. The summed E-state index contributed by atoms with van der Waals surface area (Å²) in [6.07, 6.45) is 1.12. The van der Waals surface area contributed by atoms with Crippen LogP contribution in [0.4, 0.5) is 5.82 Å². The van der Waals surface area contributed by atoms with Crippen LogP contribution in [0.1, 0.15) is 31.7 Å². The van der Waals surface area contributed by atoms with Gasteiger partial charge in [-0.15, -0.1) is 0 Å². The summed E-state index contributed by atoms with van der Waals surface area (Å²) in [6, 6.07) is 0. The molecule has 114 valence electrons. The van der Waals surface area contributed by atoms with E-state index in [1.165, 1.54) is 0 Å². The second kappa shape index (κ2) is 6.95. The van der Waals surface area contributed by atoms with E-state index < -0.39 is 0 Å². The highest BCUT2D eigenvalue weighted by atomic mass is 35.5. The first kappa shape index (κ1) is 15.9. The van der Waals surface area contributed by atoms with Gasteiger partial charge in [0.25, 0.3) is 0 Å². The van der Waals surface area contributed by atoms with Crippen molar-refractivity contribution < 1.29 is 4.74 Å². The van der Waals surface area contributed by atoms with Crippen molar-refractivity contribution in [2.45, 2.75) is 40.2 Å². The first-order chi connectivity index (χ1) is 9.97. The lowest BCUT2D eigenvalue weighted by Gasteiger charge is -2.10. The Kier molecular flexibility index (Phi) is 5.25. The largest absolute Gasteiger partial charge is 0.379 e. The molecular formula is C14H20ClN5O. The van der Waals surface area contributed by atoms with Gasteiger partial charge in [-0.3, -0.25) is 0 Å². The van der Waals surface area contributed by atoms with E-state index in [2.05, 4.69) is 25.3 Å². The summed E-state index contributed by atoms with van der Waals surface area (Å²) in [5.41, 5.74) is 2.86. The van der Waals surface area contributed by atoms with Crippen molar-refractivity contribution in [1.82, 2.24) is 19.9 Å². The molecule has 0 radical (unpaired) electrons. The summed E-state index contributed by atoms with van der Waals surface area (Å²) < 4.78 is 5.50. The molecular weight excluding hydrogens is 290 g/mol. The van der Waals surface area contributed by atoms with Crippen molar-refractivity contribution >= 4 is 28.6 Å². The van der Waals surface area contributed by atoms with Gasteiger partial charge in [-0.05, 0) is 45.7 Å². The summed E-state index contributed by atoms with van der Waals surface area (Å²) in [6.45, 7) is 9.28. The van der Waals surface area contributed by atoms with E-state index >= 15 is 0 Å². The van der Waals surface area contributed by atoms with Gasteiger partial charge in [-0.1, -0.05) is 0 Å². The van der Waals surface area contributed by atoms with Gasteiger partial charge in [-0.25, -0.2) is 9.97 Å². The highest BCUT2D eigenvalue weighted by Crippen LogP contribution is 2.20. The number of hydrogen-bond acceptors (Lipinski definition) is 6. The van der Waals surface area contributed by atoms with Crippen LogP contribution < -0.4 is 5.32 Å². The minimum atomic E-state index is 0.168. The smallest absolute Gasteiger partial charge is 0.226 e. The number of halogens is 1. The van der Waals surface area contributed by atoms with E-state index in [1.807, 2.05) is 27.7 Å². The van der Waals surface area contributed by atoms with Crippen LogP contribution in [0, 0.1) is 13.8 Å². The molecule has 7 heteroatoms. The van der Waals surface area contributed by atoms with Crippen LogP contribution in [0.15, 0.2) is 0 Å². The lowest BCUT2D eigenvalue weighted by molar-refractivity contribution is 0.0787. The molecule has 0 aliphatic rings. The number of nitrogens with zero attached hydrogens (tertiary/aromatic N) is 4. The summed E-state index contributed by atoms with van der Waals surface area (Å²) >= 11 is 5.94. The topological polar surface area (TPSA) is 72.8 Å². The number of nitrogens with one attached hydrogen (secondary N) is 1. The Hall–Kier alpha value is -1.53. The van der Waals surface area contributed by atoms with Crippen LogP contribution in [0.5, 0.6) is 0 Å². The second-order valence-electron chi connectivity index (χ2n) is 5.11. The first-order valence-electron chi connectivity index (χ1n) is 7.01. The standard InChI is InChI=1S/C14H20ClN5O/c1-8(2)21-7-5-6-16-12-11-13(20-14(15)19-12)18-10(4)9(3)17-11/h8H,5-7H2,1-4H3,(H,16,18,19,20). The van der Waals surface area contributed by atoms with Crippen LogP contribution in [0.3, 0.4) is 0 Å². The van der Waals surface area contributed by atoms with Crippen LogP contribution in [-0.2, 0) is 4.74 Å². The molecule has 2 aromatic rings. The SMILES string of the molecule is Cc1nc2nc(Cl)nc(NCCCOC(C)C)c2nc1C. The average Bonchev–Trinajstić information content (AvgIpc) is 2.40. The van der Waals surface area contributed by atoms with Crippen LogP contribution >= 0.6 is 11.6 Å². The Morgan fingerprint density at radius 1 is 1.10 bits per heavy atom. The molecule has 0 aromatic carbocycles. The van der Waals surface area contributed by atoms with E-state index in [0.29, 0.717) is 23.6 Å². The number of aryl methyl sites for hydroxylation is 2. The number of ether oxygens (including phenoxy) is 1. The Morgan fingerprint density at radius 2 is 1.81 bits per heavy atom. The van der Waals surface area contributed by atoms with Crippen molar-refractivity contribution in [3.63, 3.8) is 0 Å². The van der Waals surface area contributed by atoms with Gasteiger partial charge < -0.3 is 10.1 Å². The molecule has 0 atom stereocenters. The molecule has 0 fully saturated rings. The van der Waals surface area contributed by atoms with Gasteiger partial charge in [0.05, 0.1) is 17.5 Å². The predicted octanol–water partition coefficient (Wildman–Crippen LogP) is 2.92. The number of aromatic nitrogens is 4. The lowest BCUT2D eigenvalue weighted by atomic mass is 10.3. The normalized spacial score (nSPS) is 11.3. The lowest BCUT2D eigenvalue weighted by Crippen LogP contribution is -2.11. The molecule has 6 nitrogen and oxygen atoms in total. The highest BCUT2D eigenvalue weighted by molar-refractivity contribution is 6.28. The summed E-state index contributed by atoms with van der Waals surface area (Å²) in [4.78, 5) is 17.2. The average molecular weight is 310 g/mol. The molecule has 0 amide bonds. The quantitative estimate of drug-likeness (QED) is 0.653. The Labute approximate surface area is 129 Å². The zero-order valence-electron chi connectivity index (χ0n) is 12.8. The Morgan fingerprint density at radius 3 is 2.52 bits per heavy atom. The Bertz CT molecular complexity index is 632. The molecule has 0 unspecified atom stereocenters. The van der Waals surface area contributed by atoms with Gasteiger partial charge in [0.15, 0.2) is 17.0 Å². The molecule has 0 bridgehead atoms. The maximum atomic E-state index is 5.94. The molecule has 0 spiro atoms. The van der Waals surface area contributed by atoms with Gasteiger partial charge >= 0.3 is 0 Å². The fraction of sp³-hybridized carbons (Fsp3) is 0.571. The third kappa shape index (κ3) is 4.22. The number of fused-ring (bicyclic) bond motifs is 1. The van der Waals surface area contributed by atoms with Crippen molar-refractivity contribution in [2.24, 2.45) is 0 Å². The molecule has 2 rings (SSSR count). The fourth-order valence-electron chi connectivity index (χ4n) is 1.81. The van der Waals surface area contributed by atoms with Crippen LogP contribution in [0.25, 0.3) is 11.2 Å². The zero-order chi connectivity index (χ0) is 15.4. The molecule has 0 saturated heterocycles. The zero-order valence-corrected chi connectivity index (χ0v) is 13.5. The van der Waals surface area contributed by atoms with E-state index in [-0.39, 0.29) is 11.4 Å². The minimum absolute atomic E-state index is 0.168. The number of rotatable bonds is 6. The maximum absolute atomic E-state index is 5.94. The van der Waals surface area contributed by atoms with Crippen molar-refractivity contribution in [3.8, 4) is 0 Å². The maximum Gasteiger partial charge on any atom is 0.226 e. The van der Waals surface area contributed by atoms with Gasteiger partial charge in [-0.2, -0.15) is 9.97 Å². The van der Waals surface area contributed by atoms with Crippen molar-refractivity contribution in [2.75, 3.05) is 18.5 Å². The molecule has 2 aromatic heterocycles. The second-order valence-corrected chi connectivity index (χ2v) is 5.45. The summed E-state index contributed by atoms with van der Waals surface area (Å²) in [5.74, 6) is 0.616. The molecule has 0 aliphatic carbocycles. The fourth-order valence-corrected chi connectivity index (χ4v) is 1.97. The first-order valence-corrected chi connectivity index (χ1v) is 7.39. The number of hydrogen-bond donors (Lipinski definition) is 1. The van der Waals surface area contributed by atoms with Crippen molar-refractivity contribution in [3.05, 3.63) is 16.7 Å². The molecule has 2 heterocycles. The monoisotopic (exact) mass is 309 g/mol. The summed E-state index contributed by atoms with van der Waals surface area (Å²) in [5, 5.41) is 3.40. The predicted molar refractivity (Wildman–Crippen MR) is 83.8 cm³/mol. The van der Waals surface area contributed by atoms with E-state index in [4.69, 9.17) is 16.3 Å². The van der Waals surface area contributed by atoms with Crippen LogP contribution in [0.2, 0.25) is 5.28 Å². The van der Waals surface area contributed by atoms with E-state index in [9.17, 15) is 0 Å². The van der Waals surface area contributed by atoms with Gasteiger partial charge in [0, 0.05) is 13.2 Å². The van der Waals surface area contributed by atoms with Crippen molar-refractivity contribution in [1.29, 1.82) is 0 Å². The van der Waals surface area contributed by atoms with E-state index in [0.717, 1.165) is 24.4 Å². The summed E-state index contributed by atoms with van der Waals surface area (Å²) in [7, 11) is 0. The number of anilines is 1.